The fourth-order valence-corrected chi connectivity index (χ4v) is 2.01. The monoisotopic (exact) mass is 293 g/mol. The van der Waals surface area contributed by atoms with Crippen LogP contribution in [0.2, 0.25) is 5.02 Å². The number of benzene rings is 1. The smallest absolute Gasteiger partial charge is 0.376 e. The van der Waals surface area contributed by atoms with E-state index in [-0.39, 0.29) is 5.82 Å². The van der Waals surface area contributed by atoms with E-state index in [1.807, 2.05) is 31.2 Å². The predicted octanol–water partition coefficient (Wildman–Crippen LogP) is 2.66. The molecule has 2 rings (SSSR count). The van der Waals surface area contributed by atoms with Crippen molar-refractivity contribution in [2.75, 3.05) is 6.61 Å². The summed E-state index contributed by atoms with van der Waals surface area (Å²) in [7, 11) is 0. The highest BCUT2D eigenvalue weighted by molar-refractivity contribution is 6.30. The summed E-state index contributed by atoms with van der Waals surface area (Å²) in [5.41, 5.74) is 1.14. The minimum atomic E-state index is -0.441. The van der Waals surface area contributed by atoms with Gasteiger partial charge in [0.1, 0.15) is 5.82 Å². The Bertz CT molecular complexity index is 593. The Morgan fingerprint density at radius 1 is 1.30 bits per heavy atom. The van der Waals surface area contributed by atoms with Crippen molar-refractivity contribution in [2.45, 2.75) is 26.8 Å². The topological polar surface area (TPSA) is 57.0 Å². The first-order valence-electron chi connectivity index (χ1n) is 6.43. The molecule has 0 aliphatic carbocycles. The van der Waals surface area contributed by atoms with Gasteiger partial charge in [-0.1, -0.05) is 23.7 Å². The van der Waals surface area contributed by atoms with Crippen LogP contribution >= 0.6 is 11.6 Å². The van der Waals surface area contributed by atoms with Crippen molar-refractivity contribution in [3.05, 3.63) is 46.5 Å². The summed E-state index contributed by atoms with van der Waals surface area (Å²) in [6.45, 7) is 4.52. The van der Waals surface area contributed by atoms with Crippen LogP contribution in [0.4, 0.5) is 0 Å². The lowest BCUT2D eigenvalue weighted by atomic mass is 10.1. The first-order valence-corrected chi connectivity index (χ1v) is 6.81. The van der Waals surface area contributed by atoms with Crippen LogP contribution in [-0.2, 0) is 17.7 Å². The number of ether oxygens (including phenoxy) is 1. The Hall–Kier alpha value is -1.88. The molecule has 0 aliphatic heterocycles. The zero-order chi connectivity index (χ0) is 14.5. The number of nitrogens with zero attached hydrogens (tertiary/aromatic N) is 3. The van der Waals surface area contributed by atoms with E-state index in [0.717, 1.165) is 12.0 Å². The first kappa shape index (κ1) is 14.5. The molecule has 0 aliphatic rings. The summed E-state index contributed by atoms with van der Waals surface area (Å²) in [5, 5.41) is 8.52. The number of aryl methyl sites for hydroxylation is 2. The SMILES string of the molecule is CCOC(=O)c1nnc(C)n1CCc1ccc(Cl)cc1. The highest BCUT2D eigenvalue weighted by Crippen LogP contribution is 2.12. The average Bonchev–Trinajstić information content (AvgIpc) is 2.80. The summed E-state index contributed by atoms with van der Waals surface area (Å²) in [6, 6.07) is 7.63. The quantitative estimate of drug-likeness (QED) is 0.795. The molecular formula is C14H16ClN3O2. The molecule has 0 N–H and O–H groups in total. The van der Waals surface area contributed by atoms with Gasteiger partial charge in [-0.25, -0.2) is 4.79 Å². The van der Waals surface area contributed by atoms with Crippen LogP contribution in [0.1, 0.15) is 28.9 Å². The Balaban J connectivity index is 2.11. The van der Waals surface area contributed by atoms with Gasteiger partial charge in [-0.15, -0.1) is 10.2 Å². The molecule has 1 aromatic carbocycles. The molecule has 20 heavy (non-hydrogen) atoms. The number of carbonyl (C=O) groups is 1. The van der Waals surface area contributed by atoms with Crippen molar-refractivity contribution in [1.82, 2.24) is 14.8 Å². The highest BCUT2D eigenvalue weighted by Gasteiger charge is 2.17. The summed E-state index contributed by atoms with van der Waals surface area (Å²) < 4.78 is 6.74. The van der Waals surface area contributed by atoms with Gasteiger partial charge in [0.25, 0.3) is 0 Å². The van der Waals surface area contributed by atoms with E-state index in [0.29, 0.717) is 24.0 Å². The molecular weight excluding hydrogens is 278 g/mol. The molecule has 0 radical (unpaired) electrons. The van der Waals surface area contributed by atoms with E-state index in [9.17, 15) is 4.79 Å². The van der Waals surface area contributed by atoms with Crippen molar-refractivity contribution in [2.24, 2.45) is 0 Å². The average molecular weight is 294 g/mol. The fraction of sp³-hybridized carbons (Fsp3) is 0.357. The number of aromatic nitrogens is 3. The van der Waals surface area contributed by atoms with Gasteiger partial charge in [-0.3, -0.25) is 0 Å². The van der Waals surface area contributed by atoms with Gasteiger partial charge in [0, 0.05) is 11.6 Å². The molecule has 0 saturated heterocycles. The lowest BCUT2D eigenvalue weighted by molar-refractivity contribution is 0.0505. The minimum absolute atomic E-state index is 0.248. The molecule has 6 heteroatoms. The van der Waals surface area contributed by atoms with E-state index in [1.165, 1.54) is 0 Å². The Kier molecular flexibility index (Phi) is 4.74. The van der Waals surface area contributed by atoms with Crippen molar-refractivity contribution >= 4 is 17.6 Å². The van der Waals surface area contributed by atoms with Crippen LogP contribution in [0.3, 0.4) is 0 Å². The number of rotatable bonds is 5. The van der Waals surface area contributed by atoms with Gasteiger partial charge in [0.05, 0.1) is 6.61 Å². The lowest BCUT2D eigenvalue weighted by Crippen LogP contribution is -2.15. The number of hydrogen-bond donors (Lipinski definition) is 0. The molecule has 0 saturated carbocycles. The van der Waals surface area contributed by atoms with Gasteiger partial charge in [-0.2, -0.15) is 0 Å². The third kappa shape index (κ3) is 3.36. The molecule has 0 spiro atoms. The number of hydrogen-bond acceptors (Lipinski definition) is 4. The van der Waals surface area contributed by atoms with E-state index in [2.05, 4.69) is 10.2 Å². The molecule has 0 bridgehead atoms. The molecule has 1 heterocycles. The molecule has 0 amide bonds. The van der Waals surface area contributed by atoms with Gasteiger partial charge in [0.15, 0.2) is 0 Å². The number of halogens is 1. The van der Waals surface area contributed by atoms with Crippen LogP contribution in [0.25, 0.3) is 0 Å². The fourth-order valence-electron chi connectivity index (χ4n) is 1.89. The maximum absolute atomic E-state index is 11.8. The molecule has 0 fully saturated rings. The van der Waals surface area contributed by atoms with Crippen LogP contribution in [0, 0.1) is 6.92 Å². The lowest BCUT2D eigenvalue weighted by Gasteiger charge is -2.08. The molecule has 106 valence electrons. The largest absolute Gasteiger partial charge is 0.460 e. The van der Waals surface area contributed by atoms with Crippen LogP contribution in [-0.4, -0.2) is 27.3 Å². The molecule has 2 aromatic rings. The van der Waals surface area contributed by atoms with Crippen LogP contribution in [0.5, 0.6) is 0 Å². The highest BCUT2D eigenvalue weighted by atomic mass is 35.5. The third-order valence-corrected chi connectivity index (χ3v) is 3.18. The van der Waals surface area contributed by atoms with Crippen molar-refractivity contribution < 1.29 is 9.53 Å². The standard InChI is InChI=1S/C14H16ClN3O2/c1-3-20-14(19)13-17-16-10(2)18(13)9-8-11-4-6-12(15)7-5-11/h4-7H,3,8-9H2,1-2H3. The zero-order valence-corrected chi connectivity index (χ0v) is 12.2. The van der Waals surface area contributed by atoms with Crippen molar-refractivity contribution in [3.8, 4) is 0 Å². The van der Waals surface area contributed by atoms with Crippen molar-refractivity contribution in [3.63, 3.8) is 0 Å². The van der Waals surface area contributed by atoms with Gasteiger partial charge < -0.3 is 9.30 Å². The van der Waals surface area contributed by atoms with Crippen LogP contribution in [0.15, 0.2) is 24.3 Å². The van der Waals surface area contributed by atoms with Gasteiger partial charge in [0.2, 0.25) is 5.82 Å². The molecule has 5 nitrogen and oxygen atoms in total. The second kappa shape index (κ2) is 6.52. The van der Waals surface area contributed by atoms with E-state index in [4.69, 9.17) is 16.3 Å². The Morgan fingerprint density at radius 2 is 2.00 bits per heavy atom. The molecule has 0 unspecified atom stereocenters. The number of carbonyl (C=O) groups excluding carboxylic acids is 1. The predicted molar refractivity (Wildman–Crippen MR) is 75.9 cm³/mol. The normalized spacial score (nSPS) is 10.6. The Morgan fingerprint density at radius 3 is 2.65 bits per heavy atom. The molecule has 0 atom stereocenters. The Labute approximate surface area is 122 Å². The van der Waals surface area contributed by atoms with E-state index >= 15 is 0 Å². The molecule has 1 aromatic heterocycles. The maximum Gasteiger partial charge on any atom is 0.376 e. The third-order valence-electron chi connectivity index (χ3n) is 2.93. The number of esters is 1. The van der Waals surface area contributed by atoms with Gasteiger partial charge in [-0.05, 0) is 38.0 Å². The van der Waals surface area contributed by atoms with Crippen LogP contribution < -0.4 is 0 Å². The minimum Gasteiger partial charge on any atom is -0.460 e. The summed E-state index contributed by atoms with van der Waals surface area (Å²) >= 11 is 5.85. The second-order valence-electron chi connectivity index (χ2n) is 4.32. The summed E-state index contributed by atoms with van der Waals surface area (Å²) in [4.78, 5) is 11.8. The van der Waals surface area contributed by atoms with Gasteiger partial charge >= 0.3 is 5.97 Å². The second-order valence-corrected chi connectivity index (χ2v) is 4.76. The summed E-state index contributed by atoms with van der Waals surface area (Å²) in [6.07, 6.45) is 0.766. The summed E-state index contributed by atoms with van der Waals surface area (Å²) in [5.74, 6) is 0.504. The maximum atomic E-state index is 11.8. The first-order chi connectivity index (χ1) is 9.61. The zero-order valence-electron chi connectivity index (χ0n) is 11.5. The van der Waals surface area contributed by atoms with E-state index in [1.54, 1.807) is 11.5 Å². The van der Waals surface area contributed by atoms with E-state index < -0.39 is 5.97 Å². The van der Waals surface area contributed by atoms with Crippen molar-refractivity contribution in [1.29, 1.82) is 0 Å².